The fourth-order valence-electron chi connectivity index (χ4n) is 8.58. The second-order valence-electron chi connectivity index (χ2n) is 13.3. The van der Waals surface area contributed by atoms with Gasteiger partial charge in [-0.1, -0.05) is 140 Å². The van der Waals surface area contributed by atoms with Crippen molar-refractivity contribution < 1.29 is 0 Å². The zero-order valence-electron chi connectivity index (χ0n) is 27.2. The van der Waals surface area contributed by atoms with Crippen LogP contribution in [0, 0.1) is 0 Å². The van der Waals surface area contributed by atoms with Crippen molar-refractivity contribution in [2.75, 3.05) is 5.32 Å². The zero-order valence-corrected chi connectivity index (χ0v) is 27.2. The molecular weight excluding hydrogens is 605 g/mol. The summed E-state index contributed by atoms with van der Waals surface area (Å²) < 4.78 is 2.50. The molecule has 1 aliphatic heterocycles. The average Bonchev–Trinajstić information content (AvgIpc) is 3.71. The van der Waals surface area contributed by atoms with E-state index in [-0.39, 0.29) is 0 Å². The van der Waals surface area contributed by atoms with Crippen LogP contribution in [0.3, 0.4) is 0 Å². The maximum Gasteiger partial charge on any atom is 0.0633 e. The number of anilines is 2. The van der Waals surface area contributed by atoms with E-state index in [9.17, 15) is 0 Å². The first kappa shape index (κ1) is 27.3. The third kappa shape index (κ3) is 3.79. The first-order chi connectivity index (χ1) is 24.8. The number of hydrogen-bond acceptors (Lipinski definition) is 1. The summed E-state index contributed by atoms with van der Waals surface area (Å²) in [6.45, 7) is 0. The van der Waals surface area contributed by atoms with Gasteiger partial charge in [0.15, 0.2) is 0 Å². The summed E-state index contributed by atoms with van der Waals surface area (Å²) in [5.74, 6) is 0. The van der Waals surface area contributed by atoms with Crippen LogP contribution in [0.25, 0.3) is 93.7 Å². The van der Waals surface area contributed by atoms with Gasteiger partial charge in [-0.3, -0.25) is 0 Å². The molecule has 0 saturated heterocycles. The molecule has 232 valence electrons. The van der Waals surface area contributed by atoms with Crippen LogP contribution in [0.15, 0.2) is 176 Å². The molecular formula is C48H30N2. The molecule has 0 aliphatic carbocycles. The molecule has 0 amide bonds. The summed E-state index contributed by atoms with van der Waals surface area (Å²) in [4.78, 5) is 0. The average molecular weight is 635 g/mol. The lowest BCUT2D eigenvalue weighted by molar-refractivity contribution is 1.37. The number of nitrogens with one attached hydrogen (secondary N) is 1. The van der Waals surface area contributed by atoms with Crippen LogP contribution in [0.2, 0.25) is 0 Å². The van der Waals surface area contributed by atoms with Gasteiger partial charge in [0.2, 0.25) is 0 Å². The number of rotatable bonds is 3. The molecule has 1 N–H and O–H groups in total. The van der Waals surface area contributed by atoms with Crippen molar-refractivity contribution in [3.05, 3.63) is 176 Å². The lowest BCUT2D eigenvalue weighted by atomic mass is 9.84. The molecule has 3 heterocycles. The molecule has 2 nitrogen and oxygen atoms in total. The Kier molecular flexibility index (Phi) is 5.70. The van der Waals surface area contributed by atoms with E-state index in [0.29, 0.717) is 0 Å². The van der Waals surface area contributed by atoms with Crippen LogP contribution in [-0.2, 0) is 0 Å². The topological polar surface area (TPSA) is 16.4 Å². The molecule has 0 fully saturated rings. The Hall–Kier alpha value is -6.64. The molecule has 50 heavy (non-hydrogen) atoms. The first-order valence-electron chi connectivity index (χ1n) is 17.3. The van der Waals surface area contributed by atoms with E-state index in [1.807, 2.05) is 0 Å². The fourth-order valence-corrected chi connectivity index (χ4v) is 8.58. The molecule has 0 unspecified atom stereocenters. The predicted octanol–water partition coefficient (Wildman–Crippen LogP) is 13.2. The number of fused-ring (bicyclic) bond motifs is 14. The normalized spacial score (nSPS) is 12.2. The maximum atomic E-state index is 3.92. The molecule has 8 aromatic carbocycles. The van der Waals surface area contributed by atoms with Gasteiger partial charge in [0.1, 0.15) is 0 Å². The van der Waals surface area contributed by atoms with Crippen molar-refractivity contribution in [2.24, 2.45) is 0 Å². The van der Waals surface area contributed by atoms with Crippen molar-refractivity contribution >= 4 is 49.5 Å². The molecule has 0 spiro atoms. The second kappa shape index (κ2) is 10.4. The number of para-hydroxylation sites is 3. The largest absolute Gasteiger partial charge is 0.355 e. The Morgan fingerprint density at radius 2 is 0.860 bits per heavy atom. The van der Waals surface area contributed by atoms with Gasteiger partial charge in [-0.25, -0.2) is 0 Å². The highest BCUT2D eigenvalue weighted by molar-refractivity contribution is 6.31. The minimum atomic E-state index is 1.10. The van der Waals surface area contributed by atoms with E-state index in [4.69, 9.17) is 0 Å². The van der Waals surface area contributed by atoms with Gasteiger partial charge in [-0.2, -0.15) is 0 Å². The number of hydrogen-bond donors (Lipinski definition) is 1. The Morgan fingerprint density at radius 3 is 1.52 bits per heavy atom. The van der Waals surface area contributed by atoms with Gasteiger partial charge in [0.25, 0.3) is 0 Å². The lowest BCUT2D eigenvalue weighted by Crippen LogP contribution is -2.01. The fraction of sp³-hybridized carbons (Fsp3) is 0. The number of aromatic nitrogens is 1. The number of nitrogens with zero attached hydrogens (tertiary/aromatic N) is 1. The van der Waals surface area contributed by atoms with Gasteiger partial charge in [0, 0.05) is 44.0 Å². The second-order valence-corrected chi connectivity index (χ2v) is 13.3. The van der Waals surface area contributed by atoms with Crippen molar-refractivity contribution in [1.82, 2.24) is 4.40 Å². The van der Waals surface area contributed by atoms with Crippen LogP contribution in [0.5, 0.6) is 0 Å². The molecule has 1 aliphatic rings. The summed E-state index contributed by atoms with van der Waals surface area (Å²) in [6, 6.07) is 64.4. The Labute approximate surface area is 289 Å². The van der Waals surface area contributed by atoms with Crippen LogP contribution >= 0.6 is 0 Å². The minimum Gasteiger partial charge on any atom is -0.355 e. The molecule has 2 aromatic heterocycles. The quantitative estimate of drug-likeness (QED) is 0.205. The monoisotopic (exact) mass is 634 g/mol. The predicted molar refractivity (Wildman–Crippen MR) is 212 cm³/mol. The maximum absolute atomic E-state index is 3.92. The van der Waals surface area contributed by atoms with Crippen molar-refractivity contribution in [3.8, 4) is 55.6 Å². The van der Waals surface area contributed by atoms with Crippen molar-refractivity contribution in [2.45, 2.75) is 0 Å². The Bertz CT molecular complexity index is 2880. The Morgan fingerprint density at radius 1 is 0.340 bits per heavy atom. The van der Waals surface area contributed by atoms with E-state index >= 15 is 0 Å². The summed E-state index contributed by atoms with van der Waals surface area (Å²) in [7, 11) is 0. The zero-order chi connectivity index (χ0) is 32.8. The van der Waals surface area contributed by atoms with Gasteiger partial charge in [-0.15, -0.1) is 0 Å². The first-order valence-corrected chi connectivity index (χ1v) is 17.3. The van der Waals surface area contributed by atoms with Gasteiger partial charge >= 0.3 is 0 Å². The van der Waals surface area contributed by atoms with E-state index in [0.717, 1.165) is 11.4 Å². The van der Waals surface area contributed by atoms with Gasteiger partial charge in [0.05, 0.1) is 16.6 Å². The summed E-state index contributed by atoms with van der Waals surface area (Å²) >= 11 is 0. The van der Waals surface area contributed by atoms with E-state index < -0.39 is 0 Å². The van der Waals surface area contributed by atoms with Crippen LogP contribution in [0.1, 0.15) is 0 Å². The minimum absolute atomic E-state index is 1.10. The van der Waals surface area contributed by atoms with Crippen LogP contribution in [0.4, 0.5) is 11.4 Å². The van der Waals surface area contributed by atoms with E-state index in [1.54, 1.807) is 0 Å². The smallest absolute Gasteiger partial charge is 0.0633 e. The standard InChI is InChI=1S/C48H30N2/c1-3-14-30(15-4-1)33-21-13-22-34(31-16-5-2-6-17-31)45(33)32-26-27-42-38(28-32)40-29-39(35-18-7-10-23-41(35)49-42)46-36-19-8-11-24-43(36)50-44-25-12-9-20-37(44)47(40)48(46)50/h1-29,49H. The third-order valence-electron chi connectivity index (χ3n) is 10.7. The van der Waals surface area contributed by atoms with E-state index in [1.165, 1.54) is 93.7 Å². The molecule has 2 heteroatoms. The third-order valence-corrected chi connectivity index (χ3v) is 10.7. The SMILES string of the molecule is c1ccc(-c2cccc(-c3ccccc3)c2-c2ccc3c(c2)-c2cc(c4c5ccccc5n5c6ccccc6c2c45)-c2ccccc2N3)cc1. The molecule has 0 atom stereocenters. The summed E-state index contributed by atoms with van der Waals surface area (Å²) in [5.41, 5.74) is 18.2. The highest BCUT2D eigenvalue weighted by Gasteiger charge is 2.27. The molecule has 11 rings (SSSR count). The summed E-state index contributed by atoms with van der Waals surface area (Å²) in [5, 5.41) is 9.09. The highest BCUT2D eigenvalue weighted by Crippen LogP contribution is 2.52. The molecule has 2 bridgehead atoms. The van der Waals surface area contributed by atoms with E-state index in [2.05, 4.69) is 186 Å². The summed E-state index contributed by atoms with van der Waals surface area (Å²) in [6.07, 6.45) is 0. The lowest BCUT2D eigenvalue weighted by Gasteiger charge is -2.23. The molecule has 10 aromatic rings. The van der Waals surface area contributed by atoms with Gasteiger partial charge < -0.3 is 9.72 Å². The molecule has 0 radical (unpaired) electrons. The van der Waals surface area contributed by atoms with Crippen molar-refractivity contribution in [3.63, 3.8) is 0 Å². The highest BCUT2D eigenvalue weighted by atomic mass is 14.9. The van der Waals surface area contributed by atoms with Crippen molar-refractivity contribution in [1.29, 1.82) is 0 Å². The molecule has 0 saturated carbocycles. The van der Waals surface area contributed by atoms with Gasteiger partial charge in [-0.05, 0) is 80.9 Å². The number of benzene rings is 8. The van der Waals surface area contributed by atoms with Crippen LogP contribution < -0.4 is 5.32 Å². The van der Waals surface area contributed by atoms with Crippen LogP contribution in [-0.4, -0.2) is 4.40 Å². The Balaban J connectivity index is 1.29.